The van der Waals surface area contributed by atoms with Crippen LogP contribution < -0.4 is 5.73 Å². The van der Waals surface area contributed by atoms with Crippen molar-refractivity contribution in [3.05, 3.63) is 11.9 Å². The van der Waals surface area contributed by atoms with Gasteiger partial charge in [-0.3, -0.25) is 4.79 Å². The SMILES string of the molecule is CC(C)(C)C(=O)Cn1cc(CN)nn1. The summed E-state index contributed by atoms with van der Waals surface area (Å²) in [4.78, 5) is 11.6. The van der Waals surface area contributed by atoms with Crippen LogP contribution in [0.4, 0.5) is 0 Å². The van der Waals surface area contributed by atoms with E-state index in [1.807, 2.05) is 20.8 Å². The average Bonchev–Trinajstić information content (AvgIpc) is 2.50. The molecule has 1 aromatic rings. The number of rotatable bonds is 3. The fourth-order valence-electron chi connectivity index (χ4n) is 0.894. The van der Waals surface area contributed by atoms with Gasteiger partial charge >= 0.3 is 0 Å². The zero-order valence-electron chi connectivity index (χ0n) is 8.82. The second-order valence-electron chi connectivity index (χ2n) is 4.28. The quantitative estimate of drug-likeness (QED) is 0.757. The fourth-order valence-corrected chi connectivity index (χ4v) is 0.894. The molecular formula is C9H16N4O. The summed E-state index contributed by atoms with van der Waals surface area (Å²) >= 11 is 0. The van der Waals surface area contributed by atoms with E-state index in [0.29, 0.717) is 12.2 Å². The van der Waals surface area contributed by atoms with Crippen LogP contribution in [0, 0.1) is 5.41 Å². The Kier molecular flexibility index (Phi) is 3.00. The third-order valence-electron chi connectivity index (χ3n) is 1.94. The Balaban J connectivity index is 2.65. The molecule has 5 heteroatoms. The van der Waals surface area contributed by atoms with Crippen molar-refractivity contribution >= 4 is 5.78 Å². The second-order valence-corrected chi connectivity index (χ2v) is 4.28. The minimum atomic E-state index is -0.338. The van der Waals surface area contributed by atoms with Crippen molar-refractivity contribution in [1.29, 1.82) is 0 Å². The van der Waals surface area contributed by atoms with E-state index in [-0.39, 0.29) is 17.7 Å². The number of aromatic nitrogens is 3. The normalized spacial score (nSPS) is 11.7. The van der Waals surface area contributed by atoms with Crippen LogP contribution in [-0.2, 0) is 17.9 Å². The van der Waals surface area contributed by atoms with Gasteiger partial charge in [-0.15, -0.1) is 5.10 Å². The van der Waals surface area contributed by atoms with Crippen molar-refractivity contribution in [2.45, 2.75) is 33.9 Å². The molecule has 1 heterocycles. The molecule has 0 fully saturated rings. The summed E-state index contributed by atoms with van der Waals surface area (Å²) in [5.74, 6) is 0.131. The first-order valence-electron chi connectivity index (χ1n) is 4.56. The van der Waals surface area contributed by atoms with Gasteiger partial charge in [-0.1, -0.05) is 26.0 Å². The van der Waals surface area contributed by atoms with Crippen molar-refractivity contribution < 1.29 is 4.79 Å². The molecule has 0 unspecified atom stereocenters. The second kappa shape index (κ2) is 3.88. The Bertz CT molecular complexity index is 324. The van der Waals surface area contributed by atoms with E-state index in [1.165, 1.54) is 4.68 Å². The number of ketones is 1. The molecule has 0 radical (unpaired) electrons. The molecule has 14 heavy (non-hydrogen) atoms. The Morgan fingerprint density at radius 1 is 1.57 bits per heavy atom. The highest BCUT2D eigenvalue weighted by Gasteiger charge is 2.21. The first kappa shape index (κ1) is 10.8. The van der Waals surface area contributed by atoms with Crippen LogP contribution in [0.25, 0.3) is 0 Å². The lowest BCUT2D eigenvalue weighted by Crippen LogP contribution is -2.25. The van der Waals surface area contributed by atoms with E-state index in [1.54, 1.807) is 6.20 Å². The van der Waals surface area contributed by atoms with Gasteiger partial charge in [0.25, 0.3) is 0 Å². The van der Waals surface area contributed by atoms with Crippen LogP contribution in [0.3, 0.4) is 0 Å². The summed E-state index contributed by atoms with van der Waals surface area (Å²) in [5, 5.41) is 7.61. The molecule has 0 aromatic carbocycles. The van der Waals surface area contributed by atoms with Crippen molar-refractivity contribution in [2.75, 3.05) is 0 Å². The summed E-state index contributed by atoms with van der Waals surface area (Å²) in [7, 11) is 0. The maximum atomic E-state index is 11.6. The first-order valence-corrected chi connectivity index (χ1v) is 4.56. The lowest BCUT2D eigenvalue weighted by atomic mass is 9.91. The van der Waals surface area contributed by atoms with Crippen LogP contribution in [0.1, 0.15) is 26.5 Å². The molecule has 0 aliphatic carbocycles. The molecule has 5 nitrogen and oxygen atoms in total. The van der Waals surface area contributed by atoms with E-state index >= 15 is 0 Å². The van der Waals surface area contributed by atoms with Gasteiger partial charge in [0, 0.05) is 12.0 Å². The number of carbonyl (C=O) groups excluding carboxylic acids is 1. The monoisotopic (exact) mass is 196 g/mol. The molecule has 0 amide bonds. The Labute approximate surface area is 83.3 Å². The van der Waals surface area contributed by atoms with Gasteiger partial charge in [0.2, 0.25) is 0 Å². The molecule has 0 aliphatic heterocycles. The van der Waals surface area contributed by atoms with E-state index in [0.717, 1.165) is 0 Å². The summed E-state index contributed by atoms with van der Waals surface area (Å²) in [5.41, 5.74) is 5.74. The first-order chi connectivity index (χ1) is 6.43. The lowest BCUT2D eigenvalue weighted by Gasteiger charge is -2.15. The number of hydrogen-bond donors (Lipinski definition) is 1. The Morgan fingerprint density at radius 3 is 2.64 bits per heavy atom. The molecule has 0 spiro atoms. The Hall–Kier alpha value is -1.23. The number of carbonyl (C=O) groups is 1. The third kappa shape index (κ3) is 2.63. The molecule has 0 atom stereocenters. The molecule has 0 saturated heterocycles. The average molecular weight is 196 g/mol. The molecule has 0 aliphatic rings. The van der Waals surface area contributed by atoms with E-state index in [2.05, 4.69) is 10.3 Å². The highest BCUT2D eigenvalue weighted by Crippen LogP contribution is 2.15. The maximum Gasteiger partial charge on any atom is 0.159 e. The van der Waals surface area contributed by atoms with Gasteiger partial charge in [0.15, 0.2) is 5.78 Å². The summed E-state index contributed by atoms with van der Waals surface area (Å²) < 4.78 is 1.52. The molecule has 1 rings (SSSR count). The minimum Gasteiger partial charge on any atom is -0.325 e. The summed E-state index contributed by atoms with van der Waals surface area (Å²) in [6.45, 7) is 6.27. The van der Waals surface area contributed by atoms with Crippen molar-refractivity contribution in [2.24, 2.45) is 11.1 Å². The molecule has 0 saturated carbocycles. The van der Waals surface area contributed by atoms with Gasteiger partial charge in [-0.05, 0) is 0 Å². The van der Waals surface area contributed by atoms with Crippen LogP contribution in [0.5, 0.6) is 0 Å². The van der Waals surface area contributed by atoms with Crippen LogP contribution in [0.2, 0.25) is 0 Å². The highest BCUT2D eigenvalue weighted by molar-refractivity contribution is 5.83. The number of nitrogens with zero attached hydrogens (tertiary/aromatic N) is 3. The summed E-state index contributed by atoms with van der Waals surface area (Å²) in [6.07, 6.45) is 1.70. The maximum absolute atomic E-state index is 11.6. The topological polar surface area (TPSA) is 73.8 Å². The molecular weight excluding hydrogens is 180 g/mol. The largest absolute Gasteiger partial charge is 0.325 e. The van der Waals surface area contributed by atoms with Gasteiger partial charge in [-0.25, -0.2) is 4.68 Å². The number of Topliss-reactive ketones (excluding diaryl/α,β-unsaturated/α-hetero) is 1. The third-order valence-corrected chi connectivity index (χ3v) is 1.94. The predicted octanol–water partition coefficient (Wildman–Crippen LogP) is 0.352. The fraction of sp³-hybridized carbons (Fsp3) is 0.667. The van der Waals surface area contributed by atoms with Gasteiger partial charge in [0.1, 0.15) is 6.54 Å². The van der Waals surface area contributed by atoms with Gasteiger partial charge in [-0.2, -0.15) is 0 Å². The van der Waals surface area contributed by atoms with E-state index in [4.69, 9.17) is 5.73 Å². The van der Waals surface area contributed by atoms with Gasteiger partial charge in [0.05, 0.1) is 11.9 Å². The molecule has 2 N–H and O–H groups in total. The molecule has 1 aromatic heterocycles. The van der Waals surface area contributed by atoms with Crippen LogP contribution in [0.15, 0.2) is 6.20 Å². The van der Waals surface area contributed by atoms with E-state index in [9.17, 15) is 4.79 Å². The lowest BCUT2D eigenvalue weighted by molar-refractivity contribution is -0.127. The van der Waals surface area contributed by atoms with Crippen LogP contribution in [-0.4, -0.2) is 20.8 Å². The van der Waals surface area contributed by atoms with E-state index < -0.39 is 0 Å². The van der Waals surface area contributed by atoms with Crippen LogP contribution >= 0.6 is 0 Å². The van der Waals surface area contributed by atoms with Crippen molar-refractivity contribution in [3.8, 4) is 0 Å². The molecule has 0 bridgehead atoms. The summed E-state index contributed by atoms with van der Waals surface area (Å²) in [6, 6.07) is 0. The number of hydrogen-bond acceptors (Lipinski definition) is 4. The zero-order valence-corrected chi connectivity index (χ0v) is 8.82. The molecule has 78 valence electrons. The Morgan fingerprint density at radius 2 is 2.21 bits per heavy atom. The van der Waals surface area contributed by atoms with Crippen molar-refractivity contribution in [3.63, 3.8) is 0 Å². The smallest absolute Gasteiger partial charge is 0.159 e. The zero-order chi connectivity index (χ0) is 10.8. The standard InChI is InChI=1S/C9H16N4O/c1-9(2,3)8(14)6-13-5-7(4-10)11-12-13/h5H,4,6,10H2,1-3H3. The van der Waals surface area contributed by atoms with Crippen molar-refractivity contribution in [1.82, 2.24) is 15.0 Å². The number of nitrogens with two attached hydrogens (primary N) is 1. The minimum absolute atomic E-state index is 0.131. The predicted molar refractivity (Wildman–Crippen MR) is 52.4 cm³/mol. The highest BCUT2D eigenvalue weighted by atomic mass is 16.1. The van der Waals surface area contributed by atoms with Gasteiger partial charge < -0.3 is 5.73 Å².